The van der Waals surface area contributed by atoms with Crippen LogP contribution in [0.25, 0.3) is 0 Å². The summed E-state index contributed by atoms with van der Waals surface area (Å²) in [5.74, 6) is 1.63. The highest BCUT2D eigenvalue weighted by molar-refractivity contribution is 9.10. The number of hydrogen-bond donors (Lipinski definition) is 1. The first-order chi connectivity index (χ1) is 7.72. The molecule has 1 aliphatic heterocycles. The van der Waals surface area contributed by atoms with Crippen molar-refractivity contribution in [2.24, 2.45) is 0 Å². The number of hydrogen-bond acceptors (Lipinski definition) is 2. The molecule has 1 heterocycles. The topological polar surface area (TPSA) is 21.3 Å². The van der Waals surface area contributed by atoms with Crippen molar-refractivity contribution in [3.63, 3.8) is 0 Å². The Balaban J connectivity index is 2.31. The van der Waals surface area contributed by atoms with Gasteiger partial charge in [0.05, 0.1) is 11.6 Å². The van der Waals surface area contributed by atoms with Gasteiger partial charge >= 0.3 is 0 Å². The van der Waals surface area contributed by atoms with Crippen molar-refractivity contribution in [1.82, 2.24) is 5.32 Å². The summed E-state index contributed by atoms with van der Waals surface area (Å²) in [4.78, 5) is 0. The molecule has 88 valence electrons. The Labute approximate surface area is 106 Å². The van der Waals surface area contributed by atoms with Gasteiger partial charge in [0.25, 0.3) is 0 Å². The number of benzene rings is 1. The number of piperidine rings is 1. The maximum absolute atomic E-state index is 5.37. The first kappa shape index (κ1) is 11.9. The van der Waals surface area contributed by atoms with Crippen molar-refractivity contribution in [2.45, 2.75) is 25.7 Å². The average molecular weight is 284 g/mol. The molecule has 3 heteroatoms. The molecule has 2 nitrogen and oxygen atoms in total. The van der Waals surface area contributed by atoms with E-state index in [1.54, 1.807) is 7.11 Å². The molecule has 0 radical (unpaired) electrons. The predicted octanol–water partition coefficient (Wildman–Crippen LogP) is 3.23. The van der Waals surface area contributed by atoms with E-state index in [0.717, 1.165) is 23.3 Å². The lowest BCUT2D eigenvalue weighted by molar-refractivity contribution is 0.408. The highest BCUT2D eigenvalue weighted by Gasteiger charge is 2.18. The smallest absolute Gasteiger partial charge is 0.133 e. The lowest BCUT2D eigenvalue weighted by Gasteiger charge is -2.25. The van der Waals surface area contributed by atoms with E-state index in [1.165, 1.54) is 24.0 Å². The summed E-state index contributed by atoms with van der Waals surface area (Å²) >= 11 is 3.53. The zero-order chi connectivity index (χ0) is 11.5. The third-order valence-electron chi connectivity index (χ3n) is 3.32. The van der Waals surface area contributed by atoms with Gasteiger partial charge in [0.1, 0.15) is 5.75 Å². The molecule has 1 N–H and O–H groups in total. The lowest BCUT2D eigenvalue weighted by Crippen LogP contribution is -2.27. The minimum absolute atomic E-state index is 0.684. The number of ether oxygens (including phenoxy) is 1. The highest BCUT2D eigenvalue weighted by Crippen LogP contribution is 2.35. The van der Waals surface area contributed by atoms with Crippen LogP contribution in [0.1, 0.15) is 29.9 Å². The molecule has 0 amide bonds. The zero-order valence-electron chi connectivity index (χ0n) is 9.85. The summed E-state index contributed by atoms with van der Waals surface area (Å²) in [7, 11) is 1.72. The number of methoxy groups -OCH3 is 1. The quantitative estimate of drug-likeness (QED) is 0.900. The van der Waals surface area contributed by atoms with Crippen molar-refractivity contribution in [3.05, 3.63) is 27.7 Å². The Morgan fingerprint density at radius 1 is 1.31 bits per heavy atom. The van der Waals surface area contributed by atoms with Crippen LogP contribution in [0.4, 0.5) is 0 Å². The zero-order valence-corrected chi connectivity index (χ0v) is 11.4. The molecular weight excluding hydrogens is 266 g/mol. The average Bonchev–Trinajstić information content (AvgIpc) is 2.30. The van der Waals surface area contributed by atoms with Gasteiger partial charge in [0, 0.05) is 0 Å². The third kappa shape index (κ3) is 2.41. The van der Waals surface area contributed by atoms with E-state index in [-0.39, 0.29) is 0 Å². The van der Waals surface area contributed by atoms with Gasteiger partial charge in [-0.3, -0.25) is 0 Å². The number of aryl methyl sites for hydroxylation is 1. The van der Waals surface area contributed by atoms with Crippen LogP contribution in [-0.2, 0) is 0 Å². The maximum atomic E-state index is 5.37. The monoisotopic (exact) mass is 283 g/mol. The van der Waals surface area contributed by atoms with E-state index in [9.17, 15) is 0 Å². The molecule has 0 spiro atoms. The molecule has 0 atom stereocenters. The molecule has 2 rings (SSSR count). The van der Waals surface area contributed by atoms with E-state index in [0.29, 0.717) is 5.92 Å². The fraction of sp³-hybridized carbons (Fsp3) is 0.538. The Morgan fingerprint density at radius 2 is 2.00 bits per heavy atom. The Hall–Kier alpha value is -0.540. The van der Waals surface area contributed by atoms with Gasteiger partial charge < -0.3 is 10.1 Å². The van der Waals surface area contributed by atoms with Crippen LogP contribution in [0.15, 0.2) is 16.6 Å². The molecule has 0 unspecified atom stereocenters. The van der Waals surface area contributed by atoms with Gasteiger partial charge in [0.2, 0.25) is 0 Å². The normalized spacial score (nSPS) is 17.4. The maximum Gasteiger partial charge on any atom is 0.133 e. The van der Waals surface area contributed by atoms with Crippen LogP contribution in [0.5, 0.6) is 5.75 Å². The van der Waals surface area contributed by atoms with Gasteiger partial charge in [0.15, 0.2) is 0 Å². The first-order valence-corrected chi connectivity index (χ1v) is 6.56. The van der Waals surface area contributed by atoms with E-state index in [4.69, 9.17) is 4.74 Å². The SMILES string of the molecule is COc1cc(C2CCNCC2)c(C)cc1Br. The van der Waals surface area contributed by atoms with Crippen LogP contribution in [-0.4, -0.2) is 20.2 Å². The Bertz CT molecular complexity index is 372. The van der Waals surface area contributed by atoms with Crippen molar-refractivity contribution in [3.8, 4) is 5.75 Å². The van der Waals surface area contributed by atoms with Crippen molar-refractivity contribution >= 4 is 15.9 Å². The molecular formula is C13H18BrNO. The van der Waals surface area contributed by atoms with Gasteiger partial charge in [-0.15, -0.1) is 0 Å². The molecule has 16 heavy (non-hydrogen) atoms. The minimum Gasteiger partial charge on any atom is -0.496 e. The fourth-order valence-electron chi connectivity index (χ4n) is 2.40. The lowest BCUT2D eigenvalue weighted by atomic mass is 9.87. The molecule has 0 aliphatic carbocycles. The van der Waals surface area contributed by atoms with E-state index < -0.39 is 0 Å². The second-order valence-corrected chi connectivity index (χ2v) is 5.22. The van der Waals surface area contributed by atoms with E-state index in [2.05, 4.69) is 40.3 Å². The molecule has 1 aliphatic rings. The van der Waals surface area contributed by atoms with Crippen molar-refractivity contribution in [1.29, 1.82) is 0 Å². The van der Waals surface area contributed by atoms with Crippen LogP contribution < -0.4 is 10.1 Å². The largest absolute Gasteiger partial charge is 0.496 e. The van der Waals surface area contributed by atoms with Crippen LogP contribution in [0, 0.1) is 6.92 Å². The molecule has 1 fully saturated rings. The second kappa shape index (κ2) is 5.19. The molecule has 1 saturated heterocycles. The fourth-order valence-corrected chi connectivity index (χ4v) is 3.02. The number of rotatable bonds is 2. The Morgan fingerprint density at radius 3 is 2.62 bits per heavy atom. The summed E-state index contributed by atoms with van der Waals surface area (Å²) in [6.07, 6.45) is 2.46. The number of halogens is 1. The van der Waals surface area contributed by atoms with Gasteiger partial charge in [-0.2, -0.15) is 0 Å². The first-order valence-electron chi connectivity index (χ1n) is 5.77. The third-order valence-corrected chi connectivity index (χ3v) is 3.94. The number of nitrogens with one attached hydrogen (secondary N) is 1. The van der Waals surface area contributed by atoms with Crippen molar-refractivity contribution < 1.29 is 4.74 Å². The minimum atomic E-state index is 0.684. The molecule has 1 aromatic carbocycles. The molecule has 0 bridgehead atoms. The van der Waals surface area contributed by atoms with Crippen LogP contribution >= 0.6 is 15.9 Å². The van der Waals surface area contributed by atoms with Crippen LogP contribution in [0.2, 0.25) is 0 Å². The van der Waals surface area contributed by atoms with Crippen LogP contribution in [0.3, 0.4) is 0 Å². The summed E-state index contributed by atoms with van der Waals surface area (Å²) in [5, 5.41) is 3.40. The predicted molar refractivity (Wildman–Crippen MR) is 70.3 cm³/mol. The summed E-state index contributed by atoms with van der Waals surface area (Å²) in [6.45, 7) is 4.44. The van der Waals surface area contributed by atoms with Gasteiger partial charge in [-0.25, -0.2) is 0 Å². The second-order valence-electron chi connectivity index (χ2n) is 4.37. The van der Waals surface area contributed by atoms with Gasteiger partial charge in [-0.1, -0.05) is 0 Å². The van der Waals surface area contributed by atoms with Crippen molar-refractivity contribution in [2.75, 3.05) is 20.2 Å². The molecule has 1 aromatic rings. The Kier molecular flexibility index (Phi) is 3.87. The van der Waals surface area contributed by atoms with Gasteiger partial charge in [-0.05, 0) is 78.0 Å². The standard InChI is InChI=1S/C13H18BrNO/c1-9-7-12(14)13(16-2)8-11(9)10-3-5-15-6-4-10/h7-8,10,15H,3-6H2,1-2H3. The molecule has 0 saturated carbocycles. The summed E-state index contributed by atoms with van der Waals surface area (Å²) in [6, 6.07) is 4.35. The van der Waals surface area contributed by atoms with E-state index in [1.807, 2.05) is 0 Å². The molecule has 0 aromatic heterocycles. The summed E-state index contributed by atoms with van der Waals surface area (Å²) in [5.41, 5.74) is 2.81. The summed E-state index contributed by atoms with van der Waals surface area (Å²) < 4.78 is 6.42. The highest BCUT2D eigenvalue weighted by atomic mass is 79.9. The van der Waals surface area contributed by atoms with E-state index >= 15 is 0 Å².